The van der Waals surface area contributed by atoms with Crippen molar-refractivity contribution in [2.45, 2.75) is 12.5 Å². The molecule has 0 aliphatic carbocycles. The van der Waals surface area contributed by atoms with Gasteiger partial charge in [-0.2, -0.15) is 0 Å². The van der Waals surface area contributed by atoms with Crippen molar-refractivity contribution in [3.8, 4) is 11.5 Å². The van der Waals surface area contributed by atoms with E-state index in [-0.39, 0.29) is 17.9 Å². The SMILES string of the molecule is O=C(COc1ccc2ccc(=O)oc2c1)N[C@H](Cc1c[nH]c2ccc(O)cc12)C(=O)[O-]. The third-order valence-electron chi connectivity index (χ3n) is 4.76. The Morgan fingerprint density at radius 2 is 1.97 bits per heavy atom. The number of aromatic hydroxyl groups is 1. The summed E-state index contributed by atoms with van der Waals surface area (Å²) in [5.41, 5.74) is 1.12. The Labute approximate surface area is 174 Å². The fourth-order valence-electron chi connectivity index (χ4n) is 3.26. The number of phenolic OH excluding ortho intramolecular Hbond substituents is 1. The number of hydrogen-bond acceptors (Lipinski definition) is 7. The van der Waals surface area contributed by atoms with E-state index < -0.39 is 30.2 Å². The van der Waals surface area contributed by atoms with Crippen LogP contribution in [-0.4, -0.2) is 34.6 Å². The van der Waals surface area contributed by atoms with E-state index in [0.717, 1.165) is 5.52 Å². The summed E-state index contributed by atoms with van der Waals surface area (Å²) in [5, 5.41) is 24.9. The molecule has 4 aromatic rings. The fourth-order valence-corrected chi connectivity index (χ4v) is 3.26. The lowest BCUT2D eigenvalue weighted by molar-refractivity contribution is -0.308. The number of aromatic amines is 1. The highest BCUT2D eigenvalue weighted by Crippen LogP contribution is 2.24. The number of carbonyl (C=O) groups excluding carboxylic acids is 2. The number of nitrogens with one attached hydrogen (secondary N) is 2. The van der Waals surface area contributed by atoms with Crippen LogP contribution in [0, 0.1) is 0 Å². The van der Waals surface area contributed by atoms with Crippen LogP contribution in [-0.2, 0) is 16.0 Å². The molecule has 31 heavy (non-hydrogen) atoms. The monoisotopic (exact) mass is 421 g/mol. The average Bonchev–Trinajstić information content (AvgIpc) is 3.13. The smallest absolute Gasteiger partial charge is 0.336 e. The van der Waals surface area contributed by atoms with Gasteiger partial charge in [-0.05, 0) is 42.0 Å². The van der Waals surface area contributed by atoms with E-state index in [1.54, 1.807) is 30.5 Å². The van der Waals surface area contributed by atoms with Crippen molar-refractivity contribution in [1.29, 1.82) is 0 Å². The highest BCUT2D eigenvalue weighted by molar-refractivity contribution is 5.87. The molecule has 1 amide bonds. The van der Waals surface area contributed by atoms with Gasteiger partial charge < -0.3 is 34.5 Å². The second-order valence-corrected chi connectivity index (χ2v) is 6.93. The van der Waals surface area contributed by atoms with Crippen LogP contribution < -0.4 is 20.8 Å². The fraction of sp³-hybridized carbons (Fsp3) is 0.136. The lowest BCUT2D eigenvalue weighted by atomic mass is 10.0. The summed E-state index contributed by atoms with van der Waals surface area (Å²) < 4.78 is 10.5. The average molecular weight is 421 g/mol. The number of carboxylic acid groups (broad SMARTS) is 1. The number of aromatic nitrogens is 1. The lowest BCUT2D eigenvalue weighted by Gasteiger charge is -2.19. The Kier molecular flexibility index (Phi) is 5.31. The topological polar surface area (TPSA) is 145 Å². The Morgan fingerprint density at radius 1 is 1.16 bits per heavy atom. The first-order valence-electron chi connectivity index (χ1n) is 9.35. The largest absolute Gasteiger partial charge is 0.548 e. The number of rotatable bonds is 7. The first kappa shape index (κ1) is 20.0. The zero-order chi connectivity index (χ0) is 22.0. The van der Waals surface area contributed by atoms with Crippen LogP contribution in [0.2, 0.25) is 0 Å². The van der Waals surface area contributed by atoms with Crippen molar-refractivity contribution < 1.29 is 29.0 Å². The predicted octanol–water partition coefficient (Wildman–Crippen LogP) is 0.836. The molecular formula is C22H17N2O7-. The normalized spacial score (nSPS) is 12.0. The number of carbonyl (C=O) groups is 2. The Morgan fingerprint density at radius 3 is 2.77 bits per heavy atom. The van der Waals surface area contributed by atoms with Gasteiger partial charge in [0.2, 0.25) is 0 Å². The molecule has 0 saturated heterocycles. The molecule has 2 heterocycles. The quantitative estimate of drug-likeness (QED) is 0.375. The Hall–Kier alpha value is -4.27. The van der Waals surface area contributed by atoms with Crippen LogP contribution in [0.4, 0.5) is 0 Å². The summed E-state index contributed by atoms with van der Waals surface area (Å²) >= 11 is 0. The van der Waals surface area contributed by atoms with Crippen LogP contribution in [0.25, 0.3) is 21.9 Å². The number of phenols is 1. The van der Waals surface area contributed by atoms with E-state index in [1.165, 1.54) is 24.3 Å². The van der Waals surface area contributed by atoms with Crippen LogP contribution in [0.15, 0.2) is 63.9 Å². The van der Waals surface area contributed by atoms with E-state index in [0.29, 0.717) is 21.9 Å². The van der Waals surface area contributed by atoms with E-state index in [1.807, 2.05) is 0 Å². The summed E-state index contributed by atoms with van der Waals surface area (Å²) in [5.74, 6) is -1.78. The van der Waals surface area contributed by atoms with Gasteiger partial charge in [-0.15, -0.1) is 0 Å². The third-order valence-corrected chi connectivity index (χ3v) is 4.76. The highest BCUT2D eigenvalue weighted by Gasteiger charge is 2.17. The van der Waals surface area contributed by atoms with E-state index in [4.69, 9.17) is 9.15 Å². The van der Waals surface area contributed by atoms with Gasteiger partial charge in [0.1, 0.15) is 17.1 Å². The molecule has 0 radical (unpaired) electrons. The summed E-state index contributed by atoms with van der Waals surface area (Å²) in [4.78, 5) is 38.1. The number of benzene rings is 2. The van der Waals surface area contributed by atoms with Crippen LogP contribution in [0.5, 0.6) is 11.5 Å². The maximum absolute atomic E-state index is 12.2. The maximum atomic E-state index is 12.2. The van der Waals surface area contributed by atoms with Crippen molar-refractivity contribution in [1.82, 2.24) is 10.3 Å². The van der Waals surface area contributed by atoms with Gasteiger partial charge in [0.05, 0.1) is 12.0 Å². The van der Waals surface area contributed by atoms with E-state index >= 15 is 0 Å². The van der Waals surface area contributed by atoms with Crippen molar-refractivity contribution in [3.05, 3.63) is 70.7 Å². The summed E-state index contributed by atoms with van der Waals surface area (Å²) in [6.45, 7) is -0.443. The first-order chi connectivity index (χ1) is 14.9. The molecule has 9 heteroatoms. The molecule has 0 saturated carbocycles. The predicted molar refractivity (Wildman–Crippen MR) is 109 cm³/mol. The van der Waals surface area contributed by atoms with E-state index in [2.05, 4.69) is 10.3 Å². The Bertz CT molecular complexity index is 1340. The minimum Gasteiger partial charge on any atom is -0.548 e. The standard InChI is InChI=1S/C22H18N2O7/c25-14-3-5-17-16(8-14)13(10-23-17)7-18(22(28)29)24-20(26)11-30-15-4-1-12-2-6-21(27)31-19(12)9-15/h1-6,8-10,18,23,25H,7,11H2,(H,24,26)(H,28,29)/p-1/t18-/m1/s1. The molecule has 2 aromatic heterocycles. The zero-order valence-corrected chi connectivity index (χ0v) is 16.1. The van der Waals surface area contributed by atoms with Crippen LogP contribution >= 0.6 is 0 Å². The van der Waals surface area contributed by atoms with Gasteiger partial charge in [-0.25, -0.2) is 4.79 Å². The van der Waals surface area contributed by atoms with Gasteiger partial charge >= 0.3 is 5.63 Å². The molecular weight excluding hydrogens is 404 g/mol. The minimum atomic E-state index is -1.45. The molecule has 2 aromatic carbocycles. The maximum Gasteiger partial charge on any atom is 0.336 e. The van der Waals surface area contributed by atoms with Crippen molar-refractivity contribution in [3.63, 3.8) is 0 Å². The van der Waals surface area contributed by atoms with Gasteiger partial charge in [-0.3, -0.25) is 4.79 Å². The third kappa shape index (κ3) is 4.50. The number of amides is 1. The van der Waals surface area contributed by atoms with Crippen LogP contribution in [0.1, 0.15) is 5.56 Å². The summed E-state index contributed by atoms with van der Waals surface area (Å²) in [6, 6.07) is 11.0. The molecule has 0 bridgehead atoms. The summed E-state index contributed by atoms with van der Waals surface area (Å²) in [7, 11) is 0. The first-order valence-corrected chi connectivity index (χ1v) is 9.35. The number of hydrogen-bond donors (Lipinski definition) is 3. The number of H-pyrrole nitrogens is 1. The zero-order valence-electron chi connectivity index (χ0n) is 16.1. The number of aliphatic carboxylic acids is 1. The van der Waals surface area contributed by atoms with Crippen molar-refractivity contribution in [2.24, 2.45) is 0 Å². The number of carboxylic acids is 1. The number of fused-ring (bicyclic) bond motifs is 2. The molecule has 0 fully saturated rings. The molecule has 0 aliphatic rings. The van der Waals surface area contributed by atoms with Gasteiger partial charge in [-0.1, -0.05) is 0 Å². The van der Waals surface area contributed by atoms with Gasteiger partial charge in [0.25, 0.3) is 5.91 Å². The summed E-state index contributed by atoms with van der Waals surface area (Å²) in [6.07, 6.45) is 1.57. The van der Waals surface area contributed by atoms with Crippen molar-refractivity contribution in [2.75, 3.05) is 6.61 Å². The molecule has 0 unspecified atom stereocenters. The molecule has 9 nitrogen and oxygen atoms in total. The van der Waals surface area contributed by atoms with Gasteiger partial charge in [0.15, 0.2) is 6.61 Å². The highest BCUT2D eigenvalue weighted by atomic mass is 16.5. The molecule has 0 aliphatic heterocycles. The minimum absolute atomic E-state index is 0.0430. The van der Waals surface area contributed by atoms with Crippen molar-refractivity contribution >= 4 is 33.7 Å². The molecule has 4 rings (SSSR count). The number of ether oxygens (including phenoxy) is 1. The molecule has 0 spiro atoms. The molecule has 3 N–H and O–H groups in total. The lowest BCUT2D eigenvalue weighted by Crippen LogP contribution is -2.50. The van der Waals surface area contributed by atoms with E-state index in [9.17, 15) is 24.6 Å². The second-order valence-electron chi connectivity index (χ2n) is 6.93. The van der Waals surface area contributed by atoms with Crippen LogP contribution in [0.3, 0.4) is 0 Å². The second kappa shape index (κ2) is 8.23. The molecule has 158 valence electrons. The van der Waals surface area contributed by atoms with Gasteiger partial charge in [0, 0.05) is 41.0 Å². The molecule has 1 atom stereocenters. The Balaban J connectivity index is 1.42.